The van der Waals surface area contributed by atoms with Gasteiger partial charge < -0.3 is 11.5 Å². The lowest BCUT2D eigenvalue weighted by Gasteiger charge is -2.01. The summed E-state index contributed by atoms with van der Waals surface area (Å²) < 4.78 is 0.768. The summed E-state index contributed by atoms with van der Waals surface area (Å²) in [6.45, 7) is 0. The number of hydrogen-bond donors (Lipinski definition) is 2. The third-order valence-electron chi connectivity index (χ3n) is 1.64. The number of rotatable bonds is 1. The van der Waals surface area contributed by atoms with Crippen LogP contribution in [0.15, 0.2) is 6.20 Å². The van der Waals surface area contributed by atoms with Gasteiger partial charge in [-0.25, -0.2) is 9.97 Å². The fraction of sp³-hybridized carbons (Fsp3) is 0.143. The monoisotopic (exact) mass is 302 g/mol. The maximum Gasteiger partial charge on any atom is 0.224 e. The first-order valence-electron chi connectivity index (χ1n) is 3.81. The van der Waals surface area contributed by atoms with Crippen LogP contribution in [-0.4, -0.2) is 19.9 Å². The zero-order valence-corrected chi connectivity index (χ0v) is 9.26. The fourth-order valence-electron chi connectivity index (χ4n) is 1.05. The molecule has 4 N–H and O–H groups in total. The van der Waals surface area contributed by atoms with Crippen molar-refractivity contribution in [2.75, 3.05) is 11.5 Å². The van der Waals surface area contributed by atoms with Gasteiger partial charge in [0.15, 0.2) is 17.0 Å². The lowest BCUT2D eigenvalue weighted by Crippen LogP contribution is -2.03. The fourth-order valence-corrected chi connectivity index (χ4v) is 1.41. The highest BCUT2D eigenvalue weighted by molar-refractivity contribution is 14.1. The van der Waals surface area contributed by atoms with Crippen molar-refractivity contribution in [3.05, 3.63) is 11.9 Å². The third-order valence-corrected chi connectivity index (χ3v) is 2.42. The number of nitrogens with zero attached hydrogens (tertiary/aromatic N) is 4. The van der Waals surface area contributed by atoms with Crippen molar-refractivity contribution in [1.29, 1.82) is 0 Å². The van der Waals surface area contributed by atoms with Gasteiger partial charge >= 0.3 is 0 Å². The molecule has 0 aliphatic rings. The standard InChI is InChI=1S/C7H7IN6/c8-1-3-2-11-6-4(12-3)5(9)13-7(10)14-6/h2H,1H2,(H4,9,10,11,13,14). The molecule has 2 rings (SSSR count). The van der Waals surface area contributed by atoms with E-state index in [1.165, 1.54) is 0 Å². The van der Waals surface area contributed by atoms with E-state index in [1.807, 2.05) is 0 Å². The zero-order chi connectivity index (χ0) is 10.1. The lowest BCUT2D eigenvalue weighted by molar-refractivity contribution is 1.12. The van der Waals surface area contributed by atoms with Crippen molar-refractivity contribution in [3.8, 4) is 0 Å². The molecular formula is C7H7IN6. The van der Waals surface area contributed by atoms with Crippen LogP contribution in [0.2, 0.25) is 0 Å². The van der Waals surface area contributed by atoms with Gasteiger partial charge in [-0.15, -0.1) is 0 Å². The van der Waals surface area contributed by atoms with Crippen molar-refractivity contribution in [3.63, 3.8) is 0 Å². The molecule has 0 atom stereocenters. The lowest BCUT2D eigenvalue weighted by atomic mass is 10.4. The minimum absolute atomic E-state index is 0.117. The summed E-state index contributed by atoms with van der Waals surface area (Å²) in [5, 5.41) is 0. The van der Waals surface area contributed by atoms with Crippen molar-refractivity contribution >= 4 is 45.5 Å². The molecule has 0 amide bonds. The summed E-state index contributed by atoms with van der Waals surface area (Å²) in [6, 6.07) is 0. The molecule has 2 heterocycles. The van der Waals surface area contributed by atoms with Crippen LogP contribution < -0.4 is 11.5 Å². The second-order valence-corrected chi connectivity index (χ2v) is 3.40. The molecule has 0 saturated heterocycles. The van der Waals surface area contributed by atoms with E-state index in [1.54, 1.807) is 6.20 Å². The second kappa shape index (κ2) is 3.48. The van der Waals surface area contributed by atoms with Crippen LogP contribution in [0.4, 0.5) is 11.8 Å². The van der Waals surface area contributed by atoms with Crippen LogP contribution in [-0.2, 0) is 4.43 Å². The van der Waals surface area contributed by atoms with Gasteiger partial charge in [0.1, 0.15) is 0 Å². The molecule has 0 unspecified atom stereocenters. The predicted molar refractivity (Wildman–Crippen MR) is 61.7 cm³/mol. The van der Waals surface area contributed by atoms with Gasteiger partial charge in [0.05, 0.1) is 11.9 Å². The van der Waals surface area contributed by atoms with Crippen molar-refractivity contribution in [2.45, 2.75) is 4.43 Å². The Kier molecular flexibility index (Phi) is 2.32. The van der Waals surface area contributed by atoms with Crippen molar-refractivity contribution in [2.24, 2.45) is 0 Å². The summed E-state index contributed by atoms with van der Waals surface area (Å²) in [5.74, 6) is 0.387. The quantitative estimate of drug-likeness (QED) is 0.588. The smallest absolute Gasteiger partial charge is 0.224 e. The van der Waals surface area contributed by atoms with Gasteiger partial charge in [0.2, 0.25) is 5.95 Å². The normalized spacial score (nSPS) is 10.6. The third kappa shape index (κ3) is 1.54. The van der Waals surface area contributed by atoms with E-state index in [9.17, 15) is 0 Å². The SMILES string of the molecule is Nc1nc(N)c2nc(CI)cnc2n1. The Morgan fingerprint density at radius 3 is 2.71 bits per heavy atom. The molecule has 6 nitrogen and oxygen atoms in total. The van der Waals surface area contributed by atoms with E-state index in [4.69, 9.17) is 11.5 Å². The minimum Gasteiger partial charge on any atom is -0.382 e. The molecule has 14 heavy (non-hydrogen) atoms. The van der Waals surface area contributed by atoms with E-state index in [0.29, 0.717) is 11.2 Å². The predicted octanol–water partition coefficient (Wildman–Crippen LogP) is 0.519. The molecule has 2 aromatic rings. The van der Waals surface area contributed by atoms with Crippen LogP contribution >= 0.6 is 22.6 Å². The van der Waals surface area contributed by atoms with Crippen LogP contribution in [0.3, 0.4) is 0 Å². The molecular weight excluding hydrogens is 295 g/mol. The van der Waals surface area contributed by atoms with E-state index < -0.39 is 0 Å². The van der Waals surface area contributed by atoms with Crippen LogP contribution in [0.25, 0.3) is 11.2 Å². The van der Waals surface area contributed by atoms with Crippen LogP contribution in [0.5, 0.6) is 0 Å². The first-order chi connectivity index (χ1) is 6.70. The molecule has 0 bridgehead atoms. The molecule has 72 valence electrons. The highest BCUT2D eigenvalue weighted by Crippen LogP contribution is 2.15. The van der Waals surface area contributed by atoms with Gasteiger partial charge in [-0.05, 0) is 0 Å². The van der Waals surface area contributed by atoms with E-state index in [2.05, 4.69) is 42.5 Å². The Hall–Kier alpha value is -1.25. The second-order valence-electron chi connectivity index (χ2n) is 2.63. The molecule has 2 aromatic heterocycles. The zero-order valence-electron chi connectivity index (χ0n) is 7.11. The number of aromatic nitrogens is 4. The summed E-state index contributed by atoms with van der Waals surface area (Å²) >= 11 is 2.20. The summed E-state index contributed by atoms with van der Waals surface area (Å²) in [4.78, 5) is 16.1. The van der Waals surface area contributed by atoms with Crippen LogP contribution in [0, 0.1) is 0 Å². The number of fused-ring (bicyclic) bond motifs is 1. The molecule has 0 radical (unpaired) electrons. The minimum atomic E-state index is 0.117. The molecule has 0 aliphatic carbocycles. The Bertz CT molecular complexity index is 485. The average Bonchev–Trinajstić information content (AvgIpc) is 2.17. The molecule has 7 heteroatoms. The number of halogens is 1. The average molecular weight is 302 g/mol. The first kappa shape index (κ1) is 9.31. The summed E-state index contributed by atoms with van der Waals surface area (Å²) in [5.41, 5.74) is 12.9. The first-order valence-corrected chi connectivity index (χ1v) is 5.34. The highest BCUT2D eigenvalue weighted by Gasteiger charge is 2.06. The number of alkyl halides is 1. The van der Waals surface area contributed by atoms with Gasteiger partial charge in [-0.3, -0.25) is 0 Å². The maximum atomic E-state index is 5.64. The van der Waals surface area contributed by atoms with E-state index in [-0.39, 0.29) is 11.8 Å². The summed E-state index contributed by atoms with van der Waals surface area (Å²) in [7, 11) is 0. The highest BCUT2D eigenvalue weighted by atomic mass is 127. The summed E-state index contributed by atoms with van der Waals surface area (Å²) in [6.07, 6.45) is 1.65. The largest absolute Gasteiger partial charge is 0.382 e. The van der Waals surface area contributed by atoms with Gasteiger partial charge in [-0.2, -0.15) is 9.97 Å². The van der Waals surface area contributed by atoms with Crippen molar-refractivity contribution in [1.82, 2.24) is 19.9 Å². The topological polar surface area (TPSA) is 104 Å². The molecule has 0 fully saturated rings. The maximum absolute atomic E-state index is 5.64. The van der Waals surface area contributed by atoms with Crippen LogP contribution in [0.1, 0.15) is 5.69 Å². The molecule has 0 spiro atoms. The van der Waals surface area contributed by atoms with Gasteiger partial charge in [0, 0.05) is 4.43 Å². The Balaban J connectivity index is 2.75. The van der Waals surface area contributed by atoms with Gasteiger partial charge in [-0.1, -0.05) is 22.6 Å². The molecule has 0 saturated carbocycles. The molecule has 0 aliphatic heterocycles. The Morgan fingerprint density at radius 2 is 2.00 bits per heavy atom. The number of nitrogens with two attached hydrogens (primary N) is 2. The number of anilines is 2. The Labute approximate surface area is 93.3 Å². The Morgan fingerprint density at radius 1 is 1.21 bits per heavy atom. The van der Waals surface area contributed by atoms with Gasteiger partial charge in [0.25, 0.3) is 0 Å². The van der Waals surface area contributed by atoms with E-state index in [0.717, 1.165) is 10.1 Å². The number of hydrogen-bond acceptors (Lipinski definition) is 6. The van der Waals surface area contributed by atoms with Crippen molar-refractivity contribution < 1.29 is 0 Å². The van der Waals surface area contributed by atoms with E-state index >= 15 is 0 Å². The number of nitrogen functional groups attached to an aromatic ring is 2. The molecule has 0 aromatic carbocycles.